The fourth-order valence-electron chi connectivity index (χ4n) is 4.36. The van der Waals surface area contributed by atoms with Crippen LogP contribution < -0.4 is 5.32 Å². The summed E-state index contributed by atoms with van der Waals surface area (Å²) in [5.74, 6) is 4.13. The SMILES string of the molecule is CCNCC1CCC(CC)CC1CC1CCCC1. The van der Waals surface area contributed by atoms with E-state index in [1.54, 1.807) is 6.42 Å². The largest absolute Gasteiger partial charge is 0.317 e. The van der Waals surface area contributed by atoms with Gasteiger partial charge in [-0.25, -0.2) is 0 Å². The highest BCUT2D eigenvalue weighted by Gasteiger charge is 2.31. The predicted molar refractivity (Wildman–Crippen MR) is 79.7 cm³/mol. The quantitative estimate of drug-likeness (QED) is 0.726. The average molecular weight is 251 g/mol. The summed E-state index contributed by atoms with van der Waals surface area (Å²) in [4.78, 5) is 0. The molecule has 18 heavy (non-hydrogen) atoms. The van der Waals surface area contributed by atoms with E-state index in [-0.39, 0.29) is 0 Å². The molecular weight excluding hydrogens is 218 g/mol. The lowest BCUT2D eigenvalue weighted by Gasteiger charge is -2.37. The summed E-state index contributed by atoms with van der Waals surface area (Å²) in [6.07, 6.45) is 13.5. The summed E-state index contributed by atoms with van der Waals surface area (Å²) in [7, 11) is 0. The molecule has 0 spiro atoms. The van der Waals surface area contributed by atoms with Gasteiger partial charge in [-0.15, -0.1) is 0 Å². The molecule has 3 unspecified atom stereocenters. The van der Waals surface area contributed by atoms with Crippen LogP contribution in [0.25, 0.3) is 0 Å². The number of hydrogen-bond donors (Lipinski definition) is 1. The molecule has 2 fully saturated rings. The van der Waals surface area contributed by atoms with Crippen LogP contribution in [0, 0.1) is 23.7 Å². The Morgan fingerprint density at radius 2 is 1.67 bits per heavy atom. The van der Waals surface area contributed by atoms with Crippen molar-refractivity contribution in [1.82, 2.24) is 5.32 Å². The Hall–Kier alpha value is -0.0400. The maximum absolute atomic E-state index is 3.61. The van der Waals surface area contributed by atoms with Crippen LogP contribution in [0.3, 0.4) is 0 Å². The summed E-state index contributed by atoms with van der Waals surface area (Å²) < 4.78 is 0. The second kappa shape index (κ2) is 7.53. The maximum atomic E-state index is 3.61. The summed E-state index contributed by atoms with van der Waals surface area (Å²) in [5.41, 5.74) is 0. The Kier molecular flexibility index (Phi) is 6.01. The number of nitrogens with one attached hydrogen (secondary N) is 1. The van der Waals surface area contributed by atoms with Crippen molar-refractivity contribution in [3.63, 3.8) is 0 Å². The van der Waals surface area contributed by atoms with Crippen LogP contribution in [0.4, 0.5) is 0 Å². The van der Waals surface area contributed by atoms with Crippen molar-refractivity contribution in [2.75, 3.05) is 13.1 Å². The molecular formula is C17H33N. The third-order valence-electron chi connectivity index (χ3n) is 5.59. The summed E-state index contributed by atoms with van der Waals surface area (Å²) in [6, 6.07) is 0. The van der Waals surface area contributed by atoms with Crippen molar-refractivity contribution >= 4 is 0 Å². The van der Waals surface area contributed by atoms with Crippen LogP contribution in [0.15, 0.2) is 0 Å². The summed E-state index contributed by atoms with van der Waals surface area (Å²) in [6.45, 7) is 7.06. The third-order valence-corrected chi connectivity index (χ3v) is 5.59. The van der Waals surface area contributed by atoms with E-state index >= 15 is 0 Å². The van der Waals surface area contributed by atoms with E-state index < -0.39 is 0 Å². The predicted octanol–water partition coefficient (Wildman–Crippen LogP) is 4.62. The molecule has 0 aromatic heterocycles. The Balaban J connectivity index is 1.85. The smallest absolute Gasteiger partial charge is 0.00180 e. The van der Waals surface area contributed by atoms with E-state index in [2.05, 4.69) is 19.2 Å². The summed E-state index contributed by atoms with van der Waals surface area (Å²) in [5, 5.41) is 3.61. The van der Waals surface area contributed by atoms with E-state index in [4.69, 9.17) is 0 Å². The van der Waals surface area contributed by atoms with E-state index in [1.807, 2.05) is 0 Å². The zero-order chi connectivity index (χ0) is 12.8. The molecule has 0 bridgehead atoms. The molecule has 0 heterocycles. The van der Waals surface area contributed by atoms with Gasteiger partial charge in [0.25, 0.3) is 0 Å². The van der Waals surface area contributed by atoms with Gasteiger partial charge in [0.05, 0.1) is 0 Å². The molecule has 0 amide bonds. The van der Waals surface area contributed by atoms with Crippen molar-refractivity contribution in [1.29, 1.82) is 0 Å². The number of hydrogen-bond acceptors (Lipinski definition) is 1. The lowest BCUT2D eigenvalue weighted by molar-refractivity contribution is 0.146. The van der Waals surface area contributed by atoms with Gasteiger partial charge < -0.3 is 5.32 Å². The van der Waals surface area contributed by atoms with E-state index in [1.165, 1.54) is 57.9 Å². The van der Waals surface area contributed by atoms with Crippen LogP contribution in [0.2, 0.25) is 0 Å². The number of rotatable bonds is 6. The van der Waals surface area contributed by atoms with Gasteiger partial charge >= 0.3 is 0 Å². The molecule has 2 aliphatic rings. The molecule has 1 nitrogen and oxygen atoms in total. The average Bonchev–Trinajstić information content (AvgIpc) is 2.90. The Morgan fingerprint density at radius 3 is 2.33 bits per heavy atom. The van der Waals surface area contributed by atoms with E-state index in [0.717, 1.165) is 30.2 Å². The van der Waals surface area contributed by atoms with Crippen LogP contribution in [0.1, 0.15) is 71.6 Å². The van der Waals surface area contributed by atoms with Gasteiger partial charge in [-0.2, -0.15) is 0 Å². The molecule has 2 aliphatic carbocycles. The van der Waals surface area contributed by atoms with Crippen LogP contribution >= 0.6 is 0 Å². The molecule has 0 radical (unpaired) electrons. The molecule has 0 aliphatic heterocycles. The Morgan fingerprint density at radius 1 is 0.889 bits per heavy atom. The van der Waals surface area contributed by atoms with Gasteiger partial charge in [0.2, 0.25) is 0 Å². The lowest BCUT2D eigenvalue weighted by Crippen LogP contribution is -2.34. The Bertz CT molecular complexity index is 220. The van der Waals surface area contributed by atoms with Crippen LogP contribution in [-0.4, -0.2) is 13.1 Å². The zero-order valence-electron chi connectivity index (χ0n) is 12.6. The van der Waals surface area contributed by atoms with Crippen LogP contribution in [0.5, 0.6) is 0 Å². The van der Waals surface area contributed by atoms with Gasteiger partial charge in [-0.3, -0.25) is 0 Å². The standard InChI is InChI=1S/C17H33N/c1-3-14-9-10-16(13-18-4-2)17(11-14)12-15-7-5-6-8-15/h14-18H,3-13H2,1-2H3. The van der Waals surface area contributed by atoms with Crippen molar-refractivity contribution in [2.45, 2.75) is 71.6 Å². The molecule has 0 saturated heterocycles. The molecule has 1 heteroatoms. The molecule has 106 valence electrons. The van der Waals surface area contributed by atoms with Gasteiger partial charge in [-0.1, -0.05) is 52.4 Å². The molecule has 3 atom stereocenters. The second-order valence-electron chi connectivity index (χ2n) is 6.80. The zero-order valence-corrected chi connectivity index (χ0v) is 12.6. The second-order valence-corrected chi connectivity index (χ2v) is 6.80. The molecule has 2 rings (SSSR count). The third kappa shape index (κ3) is 3.98. The van der Waals surface area contributed by atoms with E-state index in [0.29, 0.717) is 0 Å². The van der Waals surface area contributed by atoms with Gasteiger partial charge in [0.1, 0.15) is 0 Å². The monoisotopic (exact) mass is 251 g/mol. The van der Waals surface area contributed by atoms with Crippen molar-refractivity contribution in [3.8, 4) is 0 Å². The highest BCUT2D eigenvalue weighted by atomic mass is 14.8. The van der Waals surface area contributed by atoms with Crippen LogP contribution in [-0.2, 0) is 0 Å². The highest BCUT2D eigenvalue weighted by molar-refractivity contribution is 4.83. The van der Waals surface area contributed by atoms with Crippen molar-refractivity contribution in [3.05, 3.63) is 0 Å². The first-order chi connectivity index (χ1) is 8.83. The van der Waals surface area contributed by atoms with Crippen molar-refractivity contribution in [2.24, 2.45) is 23.7 Å². The maximum Gasteiger partial charge on any atom is -0.00180 e. The van der Waals surface area contributed by atoms with Gasteiger partial charge in [-0.05, 0) is 56.0 Å². The highest BCUT2D eigenvalue weighted by Crippen LogP contribution is 2.41. The fraction of sp³-hybridized carbons (Fsp3) is 1.00. The minimum atomic E-state index is 0.980. The first-order valence-electron chi connectivity index (χ1n) is 8.54. The first kappa shape index (κ1) is 14.4. The lowest BCUT2D eigenvalue weighted by atomic mass is 9.70. The molecule has 1 N–H and O–H groups in total. The van der Waals surface area contributed by atoms with Gasteiger partial charge in [0, 0.05) is 0 Å². The normalized spacial score (nSPS) is 34.0. The topological polar surface area (TPSA) is 12.0 Å². The fourth-order valence-corrected chi connectivity index (χ4v) is 4.36. The first-order valence-corrected chi connectivity index (χ1v) is 8.54. The molecule has 0 aromatic rings. The van der Waals surface area contributed by atoms with E-state index in [9.17, 15) is 0 Å². The molecule has 2 saturated carbocycles. The minimum absolute atomic E-state index is 0.980. The summed E-state index contributed by atoms with van der Waals surface area (Å²) >= 11 is 0. The Labute approximate surface area is 114 Å². The molecule has 0 aromatic carbocycles. The minimum Gasteiger partial charge on any atom is -0.317 e. The van der Waals surface area contributed by atoms with Gasteiger partial charge in [0.15, 0.2) is 0 Å². The van der Waals surface area contributed by atoms with Crippen molar-refractivity contribution < 1.29 is 0 Å².